The highest BCUT2D eigenvalue weighted by molar-refractivity contribution is 8.00. The third kappa shape index (κ3) is 8.73. The quantitative estimate of drug-likeness (QED) is 0.0708. The molecule has 224 valence electrons. The Balaban J connectivity index is 1.50. The van der Waals surface area contributed by atoms with Gasteiger partial charge in [0, 0.05) is 26.9 Å². The molecule has 0 aromatic heterocycles. The van der Waals surface area contributed by atoms with Gasteiger partial charge in [-0.15, -0.1) is 11.8 Å². The third-order valence-electron chi connectivity index (χ3n) is 6.22. The van der Waals surface area contributed by atoms with Gasteiger partial charge < -0.3 is 26.2 Å². The first kappa shape index (κ1) is 31.9. The van der Waals surface area contributed by atoms with E-state index in [0.717, 1.165) is 0 Å². The third-order valence-corrected chi connectivity index (χ3v) is 7.81. The van der Waals surface area contributed by atoms with Gasteiger partial charge in [-0.1, -0.05) is 54.9 Å². The van der Waals surface area contributed by atoms with E-state index >= 15 is 0 Å². The van der Waals surface area contributed by atoms with E-state index in [1.807, 2.05) is 6.92 Å². The topological polar surface area (TPSA) is 145 Å². The number of aromatic hydroxyl groups is 1. The molecule has 0 fully saturated rings. The van der Waals surface area contributed by atoms with Crippen LogP contribution in [-0.4, -0.2) is 39.2 Å². The SMILES string of the molecule is CCC(Sc1cccc(NC(=O)/C(=C/c2cccc(Cl)c2)NC(=O)c2ccccc2)c1)C(=O)Nc1ccc(O)c(C(=O)O)c1. The molecule has 0 saturated carbocycles. The van der Waals surface area contributed by atoms with Crippen LogP contribution in [0.3, 0.4) is 0 Å². The summed E-state index contributed by atoms with van der Waals surface area (Å²) in [5.74, 6) is -3.10. The number of hydrogen-bond acceptors (Lipinski definition) is 6. The molecule has 1 atom stereocenters. The van der Waals surface area contributed by atoms with Crippen LogP contribution in [0.4, 0.5) is 11.4 Å². The molecule has 3 amide bonds. The summed E-state index contributed by atoms with van der Waals surface area (Å²) in [6, 6.07) is 26.1. The van der Waals surface area contributed by atoms with Gasteiger partial charge in [0.2, 0.25) is 5.91 Å². The van der Waals surface area contributed by atoms with Crippen molar-refractivity contribution in [3.8, 4) is 5.75 Å². The fourth-order valence-corrected chi connectivity index (χ4v) is 5.26. The van der Waals surface area contributed by atoms with Crippen LogP contribution in [0.15, 0.2) is 108 Å². The van der Waals surface area contributed by atoms with E-state index in [1.54, 1.807) is 78.9 Å². The maximum absolute atomic E-state index is 13.4. The van der Waals surface area contributed by atoms with Crippen molar-refractivity contribution < 1.29 is 29.4 Å². The van der Waals surface area contributed by atoms with Gasteiger partial charge in [0.25, 0.3) is 11.8 Å². The molecular weight excluding hydrogens is 602 g/mol. The molecule has 0 saturated heterocycles. The lowest BCUT2D eigenvalue weighted by molar-refractivity contribution is -0.116. The zero-order valence-corrected chi connectivity index (χ0v) is 25.0. The molecule has 0 aliphatic rings. The Morgan fingerprint density at radius 2 is 1.59 bits per heavy atom. The molecule has 44 heavy (non-hydrogen) atoms. The maximum atomic E-state index is 13.4. The molecular formula is C33H28ClN3O6S. The number of aromatic carboxylic acids is 1. The first-order chi connectivity index (χ1) is 21.1. The van der Waals surface area contributed by atoms with Crippen molar-refractivity contribution in [3.63, 3.8) is 0 Å². The lowest BCUT2D eigenvalue weighted by atomic mass is 10.1. The number of thioether (sulfide) groups is 1. The minimum atomic E-state index is -1.32. The van der Waals surface area contributed by atoms with E-state index in [2.05, 4.69) is 16.0 Å². The number of carboxylic acid groups (broad SMARTS) is 1. The number of nitrogens with one attached hydrogen (secondary N) is 3. The van der Waals surface area contributed by atoms with Gasteiger partial charge in [-0.2, -0.15) is 0 Å². The highest BCUT2D eigenvalue weighted by Gasteiger charge is 2.20. The number of carboxylic acids is 1. The molecule has 4 aromatic carbocycles. The van der Waals surface area contributed by atoms with Crippen molar-refractivity contribution in [2.24, 2.45) is 0 Å². The molecule has 0 spiro atoms. The fraction of sp³-hybridized carbons (Fsp3) is 0.0909. The molecule has 11 heteroatoms. The van der Waals surface area contributed by atoms with E-state index in [4.69, 9.17) is 11.6 Å². The number of amides is 3. The predicted octanol–water partition coefficient (Wildman–Crippen LogP) is 6.66. The first-order valence-corrected chi connectivity index (χ1v) is 14.7. The Morgan fingerprint density at radius 3 is 2.30 bits per heavy atom. The van der Waals surface area contributed by atoms with Crippen LogP contribution in [-0.2, 0) is 9.59 Å². The Bertz CT molecular complexity index is 1730. The van der Waals surface area contributed by atoms with Gasteiger partial charge in [0.05, 0.1) is 5.25 Å². The normalized spacial score (nSPS) is 11.7. The summed E-state index contributed by atoms with van der Waals surface area (Å²) in [6.45, 7) is 1.84. The molecule has 1 unspecified atom stereocenters. The van der Waals surface area contributed by atoms with Crippen molar-refractivity contribution in [2.45, 2.75) is 23.5 Å². The maximum Gasteiger partial charge on any atom is 0.339 e. The number of benzene rings is 4. The zero-order valence-electron chi connectivity index (χ0n) is 23.4. The predicted molar refractivity (Wildman–Crippen MR) is 172 cm³/mol. The molecule has 5 N–H and O–H groups in total. The number of rotatable bonds is 11. The smallest absolute Gasteiger partial charge is 0.339 e. The molecule has 0 aliphatic carbocycles. The average molecular weight is 630 g/mol. The van der Waals surface area contributed by atoms with Gasteiger partial charge >= 0.3 is 5.97 Å². The summed E-state index contributed by atoms with van der Waals surface area (Å²) in [7, 11) is 0. The molecule has 0 radical (unpaired) electrons. The Labute approximate surface area is 263 Å². The van der Waals surface area contributed by atoms with Crippen LogP contribution < -0.4 is 16.0 Å². The van der Waals surface area contributed by atoms with Gasteiger partial charge in [0.15, 0.2) is 0 Å². The number of anilines is 2. The fourth-order valence-electron chi connectivity index (χ4n) is 4.05. The minimum Gasteiger partial charge on any atom is -0.507 e. The van der Waals surface area contributed by atoms with Gasteiger partial charge in [-0.3, -0.25) is 14.4 Å². The van der Waals surface area contributed by atoms with E-state index in [9.17, 15) is 29.4 Å². The average Bonchev–Trinajstić information content (AvgIpc) is 3.01. The lowest BCUT2D eigenvalue weighted by Gasteiger charge is -2.16. The second-order valence-electron chi connectivity index (χ2n) is 9.46. The number of carbonyl (C=O) groups is 4. The van der Waals surface area contributed by atoms with Crippen molar-refractivity contribution in [3.05, 3.63) is 124 Å². The van der Waals surface area contributed by atoms with Crippen LogP contribution in [0.1, 0.15) is 39.6 Å². The summed E-state index contributed by atoms with van der Waals surface area (Å²) in [4.78, 5) is 51.3. The summed E-state index contributed by atoms with van der Waals surface area (Å²) >= 11 is 7.39. The van der Waals surface area contributed by atoms with Gasteiger partial charge in [-0.05, 0) is 78.7 Å². The molecule has 9 nitrogen and oxygen atoms in total. The van der Waals surface area contributed by atoms with E-state index < -0.39 is 28.8 Å². The monoisotopic (exact) mass is 629 g/mol. The Hall–Kier alpha value is -5.06. The highest BCUT2D eigenvalue weighted by Crippen LogP contribution is 2.29. The molecule has 0 bridgehead atoms. The molecule has 4 rings (SSSR count). The van der Waals surface area contributed by atoms with Gasteiger partial charge in [-0.25, -0.2) is 4.79 Å². The standard InChI is InChI=1S/C33H28ClN3O6S/c1-2-29(32(41)36-24-14-15-28(38)26(19-24)33(42)43)44-25-13-7-12-23(18-25)35-31(40)27(17-20-8-6-11-22(34)16-20)37-30(39)21-9-4-3-5-10-21/h3-19,29,38H,2H2,1H3,(H,35,40)(H,36,41)(H,37,39)(H,42,43)/b27-17-. The summed E-state index contributed by atoms with van der Waals surface area (Å²) in [6.07, 6.45) is 1.98. The molecule has 0 aliphatic heterocycles. The van der Waals surface area contributed by atoms with E-state index in [0.29, 0.717) is 33.2 Å². The number of carbonyl (C=O) groups excluding carboxylic acids is 3. The van der Waals surface area contributed by atoms with Crippen LogP contribution >= 0.6 is 23.4 Å². The van der Waals surface area contributed by atoms with Crippen molar-refractivity contribution in [1.82, 2.24) is 5.32 Å². The Morgan fingerprint density at radius 1 is 0.864 bits per heavy atom. The van der Waals surface area contributed by atoms with Crippen LogP contribution in [0.5, 0.6) is 5.75 Å². The van der Waals surface area contributed by atoms with E-state index in [-0.39, 0.29) is 22.9 Å². The Kier molecular flexibility index (Phi) is 10.8. The molecule has 0 heterocycles. The van der Waals surface area contributed by atoms with Crippen LogP contribution in [0.2, 0.25) is 5.02 Å². The van der Waals surface area contributed by atoms with Crippen molar-refractivity contribution in [1.29, 1.82) is 0 Å². The number of hydrogen-bond donors (Lipinski definition) is 5. The number of phenols is 1. The molecule has 4 aromatic rings. The van der Waals surface area contributed by atoms with Gasteiger partial charge in [0.1, 0.15) is 17.0 Å². The summed E-state index contributed by atoms with van der Waals surface area (Å²) in [5, 5.41) is 27.1. The van der Waals surface area contributed by atoms with Crippen LogP contribution in [0.25, 0.3) is 6.08 Å². The second kappa shape index (κ2) is 14.9. The largest absolute Gasteiger partial charge is 0.507 e. The zero-order chi connectivity index (χ0) is 31.6. The van der Waals surface area contributed by atoms with Crippen molar-refractivity contribution in [2.75, 3.05) is 10.6 Å². The van der Waals surface area contributed by atoms with E-state index in [1.165, 1.54) is 36.0 Å². The highest BCUT2D eigenvalue weighted by atomic mass is 35.5. The summed E-state index contributed by atoms with van der Waals surface area (Å²) < 4.78 is 0. The first-order valence-electron chi connectivity index (χ1n) is 13.4. The number of halogens is 1. The van der Waals surface area contributed by atoms with Crippen molar-refractivity contribution >= 4 is 64.5 Å². The lowest BCUT2D eigenvalue weighted by Crippen LogP contribution is -2.30. The minimum absolute atomic E-state index is 0.000355. The van der Waals surface area contributed by atoms with Crippen LogP contribution in [0, 0.1) is 0 Å². The summed E-state index contributed by atoms with van der Waals surface area (Å²) in [5.41, 5.74) is 1.34. The second-order valence-corrected chi connectivity index (χ2v) is 11.2.